The number of rotatable bonds is 5. The molecule has 6 nitrogen and oxygen atoms in total. The summed E-state index contributed by atoms with van der Waals surface area (Å²) in [6.07, 6.45) is -0.197. The Morgan fingerprint density at radius 2 is 1.92 bits per heavy atom. The third kappa shape index (κ3) is 5.31. The number of cyclic esters (lactones) is 1. The van der Waals surface area contributed by atoms with Crippen molar-refractivity contribution < 1.29 is 23.9 Å². The molecule has 2 amide bonds. The van der Waals surface area contributed by atoms with Gasteiger partial charge in [0.15, 0.2) is 0 Å². The lowest BCUT2D eigenvalue weighted by Gasteiger charge is -2.24. The van der Waals surface area contributed by atoms with Crippen LogP contribution in [0.25, 0.3) is 0 Å². The number of imide groups is 1. The highest BCUT2D eigenvalue weighted by Gasteiger charge is 2.40. The van der Waals surface area contributed by atoms with Gasteiger partial charge in [0.25, 0.3) is 0 Å². The minimum absolute atomic E-state index is 0.0715. The zero-order valence-corrected chi connectivity index (χ0v) is 15.2. The predicted molar refractivity (Wildman–Crippen MR) is 91.8 cm³/mol. The van der Waals surface area contributed by atoms with Crippen molar-refractivity contribution in [3.8, 4) is 0 Å². The van der Waals surface area contributed by atoms with Gasteiger partial charge in [0, 0.05) is 5.92 Å². The van der Waals surface area contributed by atoms with Crippen molar-refractivity contribution in [2.24, 2.45) is 5.92 Å². The van der Waals surface area contributed by atoms with Crippen molar-refractivity contribution in [3.05, 3.63) is 35.9 Å². The Morgan fingerprint density at radius 1 is 1.28 bits per heavy atom. The fourth-order valence-electron chi connectivity index (χ4n) is 2.72. The van der Waals surface area contributed by atoms with Crippen LogP contribution in [0, 0.1) is 5.92 Å². The van der Waals surface area contributed by atoms with Crippen molar-refractivity contribution in [1.29, 1.82) is 0 Å². The fraction of sp³-hybridized carbons (Fsp3) is 0.526. The summed E-state index contributed by atoms with van der Waals surface area (Å²) in [5, 5.41) is 0. The Morgan fingerprint density at radius 3 is 2.52 bits per heavy atom. The molecule has 2 rings (SSSR count). The predicted octanol–water partition coefficient (Wildman–Crippen LogP) is 2.94. The van der Waals surface area contributed by atoms with Crippen molar-refractivity contribution in [2.45, 2.75) is 52.2 Å². The first-order chi connectivity index (χ1) is 11.7. The van der Waals surface area contributed by atoms with Gasteiger partial charge in [0.2, 0.25) is 5.91 Å². The van der Waals surface area contributed by atoms with Crippen LogP contribution >= 0.6 is 0 Å². The van der Waals surface area contributed by atoms with Gasteiger partial charge < -0.3 is 9.47 Å². The van der Waals surface area contributed by atoms with Crippen LogP contribution in [-0.2, 0) is 25.5 Å². The molecule has 1 heterocycles. The molecule has 1 aliphatic rings. The van der Waals surface area contributed by atoms with E-state index in [2.05, 4.69) is 0 Å². The number of carbonyl (C=O) groups excluding carboxylic acids is 3. The fourth-order valence-corrected chi connectivity index (χ4v) is 2.72. The second kappa shape index (κ2) is 7.68. The Labute approximate surface area is 148 Å². The molecule has 1 aromatic carbocycles. The van der Waals surface area contributed by atoms with E-state index in [1.807, 2.05) is 30.3 Å². The van der Waals surface area contributed by atoms with E-state index in [1.54, 1.807) is 27.7 Å². The van der Waals surface area contributed by atoms with E-state index in [9.17, 15) is 14.4 Å². The zero-order chi connectivity index (χ0) is 18.6. The summed E-state index contributed by atoms with van der Waals surface area (Å²) >= 11 is 0. The molecule has 1 saturated heterocycles. The van der Waals surface area contributed by atoms with Crippen molar-refractivity contribution in [3.63, 3.8) is 0 Å². The Balaban J connectivity index is 2.02. The van der Waals surface area contributed by atoms with Crippen molar-refractivity contribution in [1.82, 2.24) is 4.90 Å². The summed E-state index contributed by atoms with van der Waals surface area (Å²) < 4.78 is 10.3. The zero-order valence-electron chi connectivity index (χ0n) is 15.2. The monoisotopic (exact) mass is 347 g/mol. The molecule has 0 radical (unpaired) electrons. The highest BCUT2D eigenvalue weighted by Crippen LogP contribution is 2.22. The Bertz CT molecular complexity index is 635. The van der Waals surface area contributed by atoms with Crippen molar-refractivity contribution in [2.75, 3.05) is 6.61 Å². The second-order valence-corrected chi connectivity index (χ2v) is 7.32. The molecule has 0 saturated carbocycles. The number of nitrogens with zero attached hydrogens (tertiary/aromatic N) is 1. The first-order valence-electron chi connectivity index (χ1n) is 8.43. The lowest BCUT2D eigenvalue weighted by atomic mass is 10.0. The number of hydrogen-bond acceptors (Lipinski definition) is 5. The average molecular weight is 347 g/mol. The highest BCUT2D eigenvalue weighted by atomic mass is 16.6. The molecule has 6 heteroatoms. The molecule has 0 spiro atoms. The van der Waals surface area contributed by atoms with E-state index >= 15 is 0 Å². The van der Waals surface area contributed by atoms with Crippen LogP contribution in [0.1, 0.15) is 39.7 Å². The average Bonchev–Trinajstić information content (AvgIpc) is 2.86. The molecule has 25 heavy (non-hydrogen) atoms. The highest BCUT2D eigenvalue weighted by molar-refractivity contribution is 5.96. The molecule has 1 aromatic rings. The minimum atomic E-state index is -0.654. The Kier molecular flexibility index (Phi) is 5.82. The van der Waals surface area contributed by atoms with Crippen LogP contribution in [0.5, 0.6) is 0 Å². The van der Waals surface area contributed by atoms with E-state index in [0.29, 0.717) is 6.42 Å². The van der Waals surface area contributed by atoms with Gasteiger partial charge in [-0.3, -0.25) is 9.59 Å². The number of esters is 1. The van der Waals surface area contributed by atoms with Crippen LogP contribution in [0.3, 0.4) is 0 Å². The molecule has 1 unspecified atom stereocenters. The van der Waals surface area contributed by atoms with Gasteiger partial charge in [-0.2, -0.15) is 0 Å². The third-order valence-electron chi connectivity index (χ3n) is 3.83. The van der Waals surface area contributed by atoms with Gasteiger partial charge in [-0.1, -0.05) is 37.3 Å². The number of hydrogen-bond donors (Lipinski definition) is 0. The molecule has 0 bridgehead atoms. The normalized spacial score (nSPS) is 18.6. The number of amides is 2. The van der Waals surface area contributed by atoms with Crippen LogP contribution < -0.4 is 0 Å². The summed E-state index contributed by atoms with van der Waals surface area (Å²) in [6.45, 7) is 7.09. The molecule has 2 atom stereocenters. The van der Waals surface area contributed by atoms with Crippen LogP contribution in [0.15, 0.2) is 30.3 Å². The summed E-state index contributed by atoms with van der Waals surface area (Å²) in [5.41, 5.74) is 0.408. The maximum absolute atomic E-state index is 12.7. The summed E-state index contributed by atoms with van der Waals surface area (Å²) in [4.78, 5) is 37.8. The van der Waals surface area contributed by atoms with Gasteiger partial charge in [0.1, 0.15) is 12.2 Å². The molecule has 0 aromatic heterocycles. The van der Waals surface area contributed by atoms with Crippen LogP contribution in [-0.4, -0.2) is 41.1 Å². The van der Waals surface area contributed by atoms with Crippen LogP contribution in [0.2, 0.25) is 0 Å². The third-order valence-corrected chi connectivity index (χ3v) is 3.83. The molecular formula is C19H25NO5. The summed E-state index contributed by atoms with van der Waals surface area (Å²) in [6, 6.07) is 9.24. The standard InChI is InChI=1S/C19H25NO5/c1-13(10-16(21)25-19(2,3)4)17(22)20-15(12-24-18(20)23)11-14-8-6-5-7-9-14/h5-9,13,15H,10-12H2,1-4H3/t13?,15-/m0/s1. The maximum Gasteiger partial charge on any atom is 0.416 e. The van der Waals surface area contributed by atoms with Crippen molar-refractivity contribution >= 4 is 18.0 Å². The first-order valence-corrected chi connectivity index (χ1v) is 8.43. The number of carbonyl (C=O) groups is 3. The summed E-state index contributed by atoms with van der Waals surface area (Å²) in [5.74, 6) is -1.52. The SMILES string of the molecule is CC(CC(=O)OC(C)(C)C)C(=O)N1C(=O)OC[C@@H]1Cc1ccccc1. The van der Waals surface area contributed by atoms with E-state index in [0.717, 1.165) is 10.5 Å². The molecule has 0 aliphatic carbocycles. The molecule has 136 valence electrons. The van der Waals surface area contributed by atoms with Gasteiger partial charge in [-0.25, -0.2) is 9.69 Å². The quantitative estimate of drug-likeness (QED) is 0.766. The largest absolute Gasteiger partial charge is 0.460 e. The lowest BCUT2D eigenvalue weighted by molar-refractivity contribution is -0.158. The summed E-state index contributed by atoms with van der Waals surface area (Å²) in [7, 11) is 0. The van der Waals surface area contributed by atoms with E-state index in [4.69, 9.17) is 9.47 Å². The first kappa shape index (κ1) is 19.0. The van der Waals surface area contributed by atoms with E-state index in [1.165, 1.54) is 0 Å². The molecule has 1 fully saturated rings. The minimum Gasteiger partial charge on any atom is -0.460 e. The van der Waals surface area contributed by atoms with Crippen LogP contribution in [0.4, 0.5) is 4.79 Å². The van der Waals surface area contributed by atoms with E-state index < -0.39 is 29.5 Å². The number of ether oxygens (including phenoxy) is 2. The molecule has 0 N–H and O–H groups in total. The van der Waals surface area contributed by atoms with E-state index in [-0.39, 0.29) is 19.1 Å². The molecule has 1 aliphatic heterocycles. The molecular weight excluding hydrogens is 322 g/mol. The topological polar surface area (TPSA) is 72.9 Å². The van der Waals surface area contributed by atoms with Gasteiger partial charge in [-0.15, -0.1) is 0 Å². The second-order valence-electron chi connectivity index (χ2n) is 7.32. The van der Waals surface area contributed by atoms with Gasteiger partial charge in [-0.05, 0) is 32.8 Å². The maximum atomic E-state index is 12.7. The number of benzene rings is 1. The lowest BCUT2D eigenvalue weighted by Crippen LogP contribution is -2.43. The Hall–Kier alpha value is -2.37. The van der Waals surface area contributed by atoms with Gasteiger partial charge in [0.05, 0.1) is 12.5 Å². The van der Waals surface area contributed by atoms with Gasteiger partial charge >= 0.3 is 12.1 Å². The smallest absolute Gasteiger partial charge is 0.416 e.